The summed E-state index contributed by atoms with van der Waals surface area (Å²) in [4.78, 5) is 25.3. The van der Waals surface area contributed by atoms with Crippen molar-refractivity contribution in [1.82, 2.24) is 10.2 Å². The average Bonchev–Trinajstić information content (AvgIpc) is 2.67. The first-order valence-electron chi connectivity index (χ1n) is 9.24. The summed E-state index contributed by atoms with van der Waals surface area (Å²) in [7, 11) is 2.78. The zero-order valence-corrected chi connectivity index (χ0v) is 18.2. The molecule has 1 aromatic rings. The summed E-state index contributed by atoms with van der Waals surface area (Å²) in [6.07, 6.45) is 0.0927. The molecule has 1 aromatic carbocycles. The number of hydrogen-bond donors (Lipinski definition) is 2. The van der Waals surface area contributed by atoms with Gasteiger partial charge in [-0.3, -0.25) is 4.90 Å². The third kappa shape index (κ3) is 7.31. The zero-order valence-electron chi connectivity index (χ0n) is 18.2. The number of methoxy groups -OCH3 is 1. The van der Waals surface area contributed by atoms with Gasteiger partial charge in [-0.15, -0.1) is 0 Å². The first-order chi connectivity index (χ1) is 13.9. The van der Waals surface area contributed by atoms with Crippen LogP contribution >= 0.6 is 0 Å². The van der Waals surface area contributed by atoms with Crippen molar-refractivity contribution in [3.05, 3.63) is 59.4 Å². The second kappa shape index (κ2) is 10.5. The molecule has 0 spiro atoms. The number of carbonyl (C=O) groups excluding carboxylic acids is 2. The Morgan fingerprint density at radius 3 is 2.53 bits per heavy atom. The van der Waals surface area contributed by atoms with Crippen LogP contribution in [0.25, 0.3) is 0 Å². The molecular weight excluding hydrogens is 393 g/mol. The third-order valence-corrected chi connectivity index (χ3v) is 3.82. The van der Waals surface area contributed by atoms with E-state index in [1.54, 1.807) is 34.7 Å². The summed E-state index contributed by atoms with van der Waals surface area (Å²) in [5, 5.41) is 2.84. The summed E-state index contributed by atoms with van der Waals surface area (Å²) in [5.41, 5.74) is 5.85. The topological polar surface area (TPSA) is 103 Å². The molecule has 166 valence electrons. The van der Waals surface area contributed by atoms with Crippen molar-refractivity contribution in [3.63, 3.8) is 0 Å². The number of nitrogens with one attached hydrogen (secondary N) is 1. The lowest BCUT2D eigenvalue weighted by Crippen LogP contribution is -2.40. The van der Waals surface area contributed by atoms with E-state index in [9.17, 15) is 14.0 Å². The largest absolute Gasteiger partial charge is 0.482 e. The van der Waals surface area contributed by atoms with Gasteiger partial charge in [0.15, 0.2) is 5.76 Å². The van der Waals surface area contributed by atoms with Crippen LogP contribution in [0.15, 0.2) is 42.4 Å². The van der Waals surface area contributed by atoms with Crippen molar-refractivity contribution in [3.8, 4) is 0 Å². The average molecular weight is 423 g/mol. The van der Waals surface area contributed by atoms with Crippen LogP contribution < -0.4 is 11.1 Å². The van der Waals surface area contributed by atoms with Gasteiger partial charge in [0.2, 0.25) is 0 Å². The van der Waals surface area contributed by atoms with Gasteiger partial charge in [0, 0.05) is 12.6 Å². The smallest absolute Gasteiger partial charge is 0.411 e. The third-order valence-electron chi connectivity index (χ3n) is 3.82. The normalized spacial score (nSPS) is 12.9. The van der Waals surface area contributed by atoms with Crippen LogP contribution in [0.4, 0.5) is 9.18 Å². The van der Waals surface area contributed by atoms with E-state index in [0.29, 0.717) is 5.56 Å². The van der Waals surface area contributed by atoms with Gasteiger partial charge in [-0.25, -0.2) is 14.0 Å². The van der Waals surface area contributed by atoms with Crippen LogP contribution in [0.2, 0.25) is 0 Å². The van der Waals surface area contributed by atoms with Crippen LogP contribution in [0, 0.1) is 5.82 Å². The van der Waals surface area contributed by atoms with Crippen LogP contribution in [0.3, 0.4) is 0 Å². The fourth-order valence-electron chi connectivity index (χ4n) is 2.34. The molecule has 8 nitrogen and oxygen atoms in total. The molecular formula is C21H30FN3O5. The molecule has 0 aliphatic rings. The predicted octanol–water partition coefficient (Wildman–Crippen LogP) is 3.42. The second-order valence-corrected chi connectivity index (χ2v) is 7.48. The van der Waals surface area contributed by atoms with Gasteiger partial charge in [0.1, 0.15) is 23.3 Å². The molecule has 1 atom stereocenters. The number of benzene rings is 1. The monoisotopic (exact) mass is 423 g/mol. The fraction of sp³-hybridized carbons (Fsp3) is 0.429. The maximum absolute atomic E-state index is 13.7. The van der Waals surface area contributed by atoms with Crippen LogP contribution in [-0.4, -0.2) is 43.4 Å². The number of allylic oxidation sites excluding steroid dienone is 1. The van der Waals surface area contributed by atoms with E-state index < -0.39 is 29.6 Å². The molecule has 0 aliphatic heterocycles. The Morgan fingerprint density at radius 1 is 1.37 bits per heavy atom. The highest BCUT2D eigenvalue weighted by molar-refractivity contribution is 5.91. The van der Waals surface area contributed by atoms with Gasteiger partial charge in [-0.05, 0) is 52.0 Å². The summed E-state index contributed by atoms with van der Waals surface area (Å²) >= 11 is 0. The Kier molecular flexibility index (Phi) is 8.70. The van der Waals surface area contributed by atoms with E-state index in [1.807, 2.05) is 0 Å². The maximum Gasteiger partial charge on any atom is 0.411 e. The summed E-state index contributed by atoms with van der Waals surface area (Å²) in [5.74, 6) is -0.875. The van der Waals surface area contributed by atoms with Crippen molar-refractivity contribution >= 4 is 12.1 Å². The van der Waals surface area contributed by atoms with E-state index in [-0.39, 0.29) is 23.8 Å². The Labute approximate surface area is 176 Å². The first kappa shape index (κ1) is 24.8. The molecule has 0 aliphatic carbocycles. The van der Waals surface area contributed by atoms with Gasteiger partial charge in [-0.1, -0.05) is 6.58 Å². The predicted molar refractivity (Wildman–Crippen MR) is 111 cm³/mol. The molecule has 30 heavy (non-hydrogen) atoms. The Morgan fingerprint density at radius 2 is 2.00 bits per heavy atom. The minimum Gasteiger partial charge on any atom is -0.482 e. The molecule has 0 saturated heterocycles. The van der Waals surface area contributed by atoms with Crippen molar-refractivity contribution in [2.75, 3.05) is 20.8 Å². The lowest BCUT2D eigenvalue weighted by molar-refractivity contribution is 0.0289. The van der Waals surface area contributed by atoms with Crippen LogP contribution in [-0.2, 0) is 14.2 Å². The van der Waals surface area contributed by atoms with Gasteiger partial charge in [0.25, 0.3) is 0 Å². The minimum atomic E-state index is -0.744. The van der Waals surface area contributed by atoms with Gasteiger partial charge in [0.05, 0.1) is 19.3 Å². The lowest BCUT2D eigenvalue weighted by Gasteiger charge is -2.25. The molecule has 0 unspecified atom stereocenters. The Hall–Kier alpha value is -3.23. The van der Waals surface area contributed by atoms with Crippen molar-refractivity contribution in [2.24, 2.45) is 5.73 Å². The van der Waals surface area contributed by atoms with Gasteiger partial charge < -0.3 is 25.3 Å². The summed E-state index contributed by atoms with van der Waals surface area (Å²) in [6.45, 7) is 10.6. The number of nitrogens with two attached hydrogens (primary N) is 1. The number of hydrogen-bond acceptors (Lipinski definition) is 7. The van der Waals surface area contributed by atoms with Crippen molar-refractivity contribution < 1.29 is 28.2 Å². The molecule has 0 heterocycles. The van der Waals surface area contributed by atoms with Crippen molar-refractivity contribution in [2.45, 2.75) is 39.4 Å². The van der Waals surface area contributed by atoms with E-state index in [1.165, 1.54) is 30.2 Å². The number of nitrogens with zero attached hydrogens (tertiary/aromatic N) is 1. The van der Waals surface area contributed by atoms with Gasteiger partial charge >= 0.3 is 12.1 Å². The number of ether oxygens (including phenoxy) is 3. The molecule has 3 N–H and O–H groups in total. The highest BCUT2D eigenvalue weighted by atomic mass is 19.1. The quantitative estimate of drug-likeness (QED) is 0.286. The summed E-state index contributed by atoms with van der Waals surface area (Å²) in [6, 6.07) is 3.68. The zero-order chi connectivity index (χ0) is 23.1. The number of carbonyl (C=O) groups is 2. The molecule has 0 radical (unpaired) electrons. The second-order valence-electron chi connectivity index (χ2n) is 7.48. The molecule has 0 aromatic heterocycles. The molecule has 0 saturated carbocycles. The Balaban J connectivity index is 2.93. The molecule has 9 heteroatoms. The highest BCUT2D eigenvalue weighted by Gasteiger charge is 2.21. The number of amides is 1. The molecule has 0 fully saturated rings. The summed E-state index contributed by atoms with van der Waals surface area (Å²) < 4.78 is 29.5. The molecule has 0 bridgehead atoms. The SMILES string of the molecule is C=C/C(O[C@H](C)c1cc(F)ccc1C(=O)OC)=C(/N)NCN(C)C(=O)OC(C)(C)C. The van der Waals surface area contributed by atoms with E-state index in [0.717, 1.165) is 6.07 Å². The molecule has 1 amide bonds. The van der Waals surface area contributed by atoms with Crippen LogP contribution in [0.5, 0.6) is 0 Å². The molecule has 1 rings (SSSR count). The minimum absolute atomic E-state index is 0.0448. The highest BCUT2D eigenvalue weighted by Crippen LogP contribution is 2.26. The van der Waals surface area contributed by atoms with E-state index in [4.69, 9.17) is 19.9 Å². The van der Waals surface area contributed by atoms with Gasteiger partial charge in [-0.2, -0.15) is 0 Å². The van der Waals surface area contributed by atoms with E-state index >= 15 is 0 Å². The number of halogens is 1. The van der Waals surface area contributed by atoms with Crippen molar-refractivity contribution in [1.29, 1.82) is 0 Å². The fourth-order valence-corrected chi connectivity index (χ4v) is 2.34. The standard InChI is InChI=1S/C21H30FN3O5/c1-8-17(18(23)24-12-25(6)20(27)30-21(3,4)5)29-13(2)16-11-14(22)9-10-15(16)19(26)28-7/h8-11,13,24H,1,12,23H2,2-7H3/b18-17+/t13-/m1/s1. The Bertz CT molecular complexity index is 817. The van der Waals surface area contributed by atoms with Crippen LogP contribution in [0.1, 0.15) is 49.7 Å². The number of rotatable bonds is 8. The first-order valence-corrected chi connectivity index (χ1v) is 9.24. The number of esters is 1. The maximum atomic E-state index is 13.7. The lowest BCUT2D eigenvalue weighted by atomic mass is 10.0. The van der Waals surface area contributed by atoms with E-state index in [2.05, 4.69) is 11.9 Å².